The first-order valence-electron chi connectivity index (χ1n) is 9.50. The number of aromatic hydroxyl groups is 1. The summed E-state index contributed by atoms with van der Waals surface area (Å²) in [6, 6.07) is 4.29. The lowest BCUT2D eigenvalue weighted by molar-refractivity contribution is -0.140. The van der Waals surface area contributed by atoms with E-state index in [-0.39, 0.29) is 22.8 Å². The number of phenols is 1. The molecule has 0 bridgehead atoms. The van der Waals surface area contributed by atoms with Gasteiger partial charge >= 0.3 is 0 Å². The fraction of sp³-hybridized carbons (Fsp3) is 0.591. The van der Waals surface area contributed by atoms with Crippen LogP contribution in [0.1, 0.15) is 72.1 Å². The lowest BCUT2D eigenvalue weighted by atomic mass is 9.78. The van der Waals surface area contributed by atoms with Gasteiger partial charge in [-0.15, -0.1) is 0 Å². The van der Waals surface area contributed by atoms with E-state index in [4.69, 9.17) is 0 Å². The number of thioether (sulfide) groups is 1. The Morgan fingerprint density at radius 1 is 1.11 bits per heavy atom. The highest BCUT2D eigenvalue weighted by molar-refractivity contribution is 8.04. The molecular formula is C22H34N2O2S. The fourth-order valence-corrected chi connectivity index (χ4v) is 4.04. The van der Waals surface area contributed by atoms with Crippen LogP contribution in [0.3, 0.4) is 0 Å². The van der Waals surface area contributed by atoms with Crippen molar-refractivity contribution in [2.45, 2.75) is 72.3 Å². The van der Waals surface area contributed by atoms with E-state index < -0.39 is 0 Å². The van der Waals surface area contributed by atoms with Gasteiger partial charge in [0.25, 0.3) is 5.91 Å². The average molecular weight is 391 g/mol. The van der Waals surface area contributed by atoms with Crippen LogP contribution in [0.2, 0.25) is 0 Å². The molecule has 5 heteroatoms. The molecule has 150 valence electrons. The zero-order valence-electron chi connectivity index (χ0n) is 18.2. The standard InChI is InChI=1S/C22H34N2O2S/c1-14(2)23(9)24-13-27-18(20(24)26)12-15-10-16(21(3,4)5)19(25)17(11-15)22(6,7)8/h10-12,14,25H,13H2,1-9H3/b18-12+. The second-order valence-electron chi connectivity index (χ2n) is 9.62. The Balaban J connectivity index is 2.51. The van der Waals surface area contributed by atoms with Crippen molar-refractivity contribution < 1.29 is 9.90 Å². The molecule has 0 atom stereocenters. The first-order chi connectivity index (χ1) is 12.2. The maximum Gasteiger partial charge on any atom is 0.275 e. The molecule has 1 aromatic rings. The predicted octanol–water partition coefficient (Wildman–Crippen LogP) is 5.12. The van der Waals surface area contributed by atoms with Gasteiger partial charge in [0.2, 0.25) is 0 Å². The second-order valence-corrected chi connectivity index (χ2v) is 10.6. The quantitative estimate of drug-likeness (QED) is 0.728. The highest BCUT2D eigenvalue weighted by Crippen LogP contribution is 2.41. The van der Waals surface area contributed by atoms with Crippen molar-refractivity contribution in [2.24, 2.45) is 0 Å². The molecule has 0 unspecified atom stereocenters. The van der Waals surface area contributed by atoms with Crippen LogP contribution in [0.4, 0.5) is 0 Å². The van der Waals surface area contributed by atoms with Gasteiger partial charge in [-0.1, -0.05) is 53.3 Å². The van der Waals surface area contributed by atoms with E-state index in [2.05, 4.69) is 55.4 Å². The number of hydrogen-bond acceptors (Lipinski definition) is 4. The third-order valence-corrected chi connectivity index (χ3v) is 5.94. The van der Waals surface area contributed by atoms with Crippen LogP contribution in [0.25, 0.3) is 6.08 Å². The number of amides is 1. The van der Waals surface area contributed by atoms with Crippen LogP contribution in [0, 0.1) is 0 Å². The van der Waals surface area contributed by atoms with Crippen molar-refractivity contribution in [1.82, 2.24) is 10.0 Å². The average Bonchev–Trinajstić information content (AvgIpc) is 2.86. The molecule has 1 amide bonds. The molecule has 1 aliphatic heterocycles. The number of rotatable bonds is 3. The van der Waals surface area contributed by atoms with E-state index in [0.717, 1.165) is 21.6 Å². The van der Waals surface area contributed by atoms with Crippen molar-refractivity contribution >= 4 is 23.7 Å². The van der Waals surface area contributed by atoms with Gasteiger partial charge in [0.15, 0.2) is 0 Å². The van der Waals surface area contributed by atoms with Gasteiger partial charge in [-0.25, -0.2) is 5.01 Å². The van der Waals surface area contributed by atoms with Crippen molar-refractivity contribution in [2.75, 3.05) is 12.9 Å². The van der Waals surface area contributed by atoms with Gasteiger partial charge in [-0.2, -0.15) is 0 Å². The summed E-state index contributed by atoms with van der Waals surface area (Å²) in [5.41, 5.74) is 2.42. The number of hydrogen-bond donors (Lipinski definition) is 1. The van der Waals surface area contributed by atoms with Gasteiger partial charge in [0.05, 0.1) is 10.8 Å². The first-order valence-corrected chi connectivity index (χ1v) is 10.5. The number of carbonyl (C=O) groups is 1. The molecule has 2 rings (SSSR count). The minimum Gasteiger partial charge on any atom is -0.507 e. The molecule has 1 aromatic carbocycles. The van der Waals surface area contributed by atoms with Gasteiger partial charge < -0.3 is 5.11 Å². The Morgan fingerprint density at radius 2 is 1.59 bits per heavy atom. The fourth-order valence-electron chi connectivity index (χ4n) is 3.03. The number of benzene rings is 1. The molecule has 0 aromatic heterocycles. The largest absolute Gasteiger partial charge is 0.507 e. The molecule has 4 nitrogen and oxygen atoms in total. The zero-order chi connectivity index (χ0) is 20.7. The summed E-state index contributed by atoms with van der Waals surface area (Å²) in [6.45, 7) is 16.7. The van der Waals surface area contributed by atoms with Crippen molar-refractivity contribution in [3.05, 3.63) is 33.7 Å². The summed E-state index contributed by atoms with van der Waals surface area (Å²) in [6.07, 6.45) is 1.96. The lowest BCUT2D eigenvalue weighted by Gasteiger charge is -2.30. The highest BCUT2D eigenvalue weighted by atomic mass is 32.2. The van der Waals surface area contributed by atoms with E-state index in [1.54, 1.807) is 16.8 Å². The van der Waals surface area contributed by atoms with Gasteiger partial charge in [-0.05, 0) is 48.4 Å². The Bertz CT molecular complexity index is 720. The molecule has 1 saturated heterocycles. The summed E-state index contributed by atoms with van der Waals surface area (Å²) < 4.78 is 0. The SMILES string of the molecule is CC(C)N(C)N1CS/C(=C/c2cc(C(C)(C)C)c(O)c(C(C)(C)C)c2)C1=O. The Morgan fingerprint density at radius 3 is 2.00 bits per heavy atom. The van der Waals surface area contributed by atoms with E-state index in [1.807, 2.05) is 30.3 Å². The van der Waals surface area contributed by atoms with Crippen molar-refractivity contribution in [3.63, 3.8) is 0 Å². The molecular weight excluding hydrogens is 356 g/mol. The van der Waals surface area contributed by atoms with Crippen molar-refractivity contribution in [1.29, 1.82) is 0 Å². The van der Waals surface area contributed by atoms with Gasteiger partial charge in [0.1, 0.15) is 5.75 Å². The number of carbonyl (C=O) groups excluding carboxylic acids is 1. The van der Waals surface area contributed by atoms with Crippen molar-refractivity contribution in [3.8, 4) is 5.75 Å². The topological polar surface area (TPSA) is 43.8 Å². The molecule has 1 heterocycles. The van der Waals surface area contributed by atoms with E-state index in [1.165, 1.54) is 0 Å². The van der Waals surface area contributed by atoms with Crippen LogP contribution >= 0.6 is 11.8 Å². The van der Waals surface area contributed by atoms with Crippen LogP contribution in [-0.4, -0.2) is 40.0 Å². The maximum atomic E-state index is 12.8. The summed E-state index contributed by atoms with van der Waals surface area (Å²) in [7, 11) is 1.95. The van der Waals surface area contributed by atoms with E-state index in [0.29, 0.717) is 11.6 Å². The Labute approximate surface area is 168 Å². The molecule has 27 heavy (non-hydrogen) atoms. The number of nitrogens with zero attached hydrogens (tertiary/aromatic N) is 2. The first kappa shape index (κ1) is 21.8. The number of phenolic OH excluding ortho intramolecular Hbond substituents is 1. The minimum atomic E-state index is -0.185. The Hall–Kier alpha value is -1.46. The Kier molecular flexibility index (Phi) is 6.08. The molecule has 0 aliphatic carbocycles. The summed E-state index contributed by atoms with van der Waals surface area (Å²) in [5.74, 6) is 1.04. The molecule has 0 spiro atoms. The predicted molar refractivity (Wildman–Crippen MR) is 116 cm³/mol. The summed E-state index contributed by atoms with van der Waals surface area (Å²) in [5, 5.41) is 14.6. The summed E-state index contributed by atoms with van der Waals surface area (Å²) in [4.78, 5) is 13.6. The molecule has 1 N–H and O–H groups in total. The normalized spacial score (nSPS) is 17.7. The van der Waals surface area contributed by atoms with Crippen LogP contribution in [-0.2, 0) is 15.6 Å². The van der Waals surface area contributed by atoms with Crippen LogP contribution in [0.15, 0.2) is 17.0 Å². The smallest absolute Gasteiger partial charge is 0.275 e. The highest BCUT2D eigenvalue weighted by Gasteiger charge is 2.31. The lowest BCUT2D eigenvalue weighted by Crippen LogP contribution is -2.44. The van der Waals surface area contributed by atoms with E-state index in [9.17, 15) is 9.90 Å². The van der Waals surface area contributed by atoms with Gasteiger partial charge in [-0.3, -0.25) is 9.80 Å². The summed E-state index contributed by atoms with van der Waals surface area (Å²) >= 11 is 1.56. The number of hydrazine groups is 1. The third kappa shape index (κ3) is 4.69. The molecule has 1 fully saturated rings. The minimum absolute atomic E-state index is 0.0406. The third-order valence-electron chi connectivity index (χ3n) is 4.96. The molecule has 0 radical (unpaired) electrons. The second kappa shape index (κ2) is 7.51. The van der Waals surface area contributed by atoms with Crippen LogP contribution in [0.5, 0.6) is 5.75 Å². The monoisotopic (exact) mass is 390 g/mol. The van der Waals surface area contributed by atoms with Gasteiger partial charge in [0, 0.05) is 24.2 Å². The van der Waals surface area contributed by atoms with E-state index >= 15 is 0 Å². The molecule has 0 saturated carbocycles. The maximum absolute atomic E-state index is 12.8. The van der Waals surface area contributed by atoms with Crippen LogP contribution < -0.4 is 0 Å². The molecule has 1 aliphatic rings. The zero-order valence-corrected chi connectivity index (χ0v) is 19.0.